The van der Waals surface area contributed by atoms with E-state index in [2.05, 4.69) is 19.6 Å². The smallest absolute Gasteiger partial charge is 0.0379 e. The summed E-state index contributed by atoms with van der Waals surface area (Å²) in [6.07, 6.45) is 0.500. The second kappa shape index (κ2) is 9.14. The molecule has 0 aromatic rings. The maximum atomic E-state index is 8.24. The molecular formula is C4H9NOSi-. The lowest BCUT2D eigenvalue weighted by atomic mass is 11.7. The fourth-order valence-electron chi connectivity index (χ4n) is 0. The van der Waals surface area contributed by atoms with Crippen LogP contribution in [0.15, 0.2) is 0 Å². The summed E-state index contributed by atoms with van der Waals surface area (Å²) in [4.78, 5) is 8.24. The molecule has 0 saturated carbocycles. The average molecular weight is 115 g/mol. The van der Waals surface area contributed by atoms with E-state index >= 15 is 0 Å². The molecule has 0 atom stereocenters. The van der Waals surface area contributed by atoms with E-state index in [0.29, 0.717) is 6.08 Å². The molecule has 0 fully saturated rings. The van der Waals surface area contributed by atoms with Gasteiger partial charge in [0.1, 0.15) is 0 Å². The number of nitrogens with zero attached hydrogens (tertiary/aromatic N) is 1. The molecule has 0 aromatic carbocycles. The highest BCUT2D eigenvalue weighted by atomic mass is 28.3. The number of hydrogen-bond donors (Lipinski definition) is 0. The summed E-state index contributed by atoms with van der Waals surface area (Å²) < 4.78 is 0. The Balaban J connectivity index is 0. The van der Waals surface area contributed by atoms with Crippen LogP contribution in [-0.2, 0) is 4.79 Å². The van der Waals surface area contributed by atoms with E-state index in [1.165, 1.54) is 0 Å². The standard InChI is InChI=1S/C3H9Si.CNO/c1-4(2)3;2-1-3/h1-3H3;/q;-1. The second-order valence-electron chi connectivity index (χ2n) is 1.59. The van der Waals surface area contributed by atoms with Crippen LogP contribution in [0, 0.1) is 0 Å². The molecule has 0 aliphatic heterocycles. The van der Waals surface area contributed by atoms with Gasteiger partial charge >= 0.3 is 0 Å². The first kappa shape index (κ1) is 9.78. The van der Waals surface area contributed by atoms with E-state index < -0.39 is 0 Å². The van der Waals surface area contributed by atoms with Crippen LogP contribution in [0.2, 0.25) is 19.6 Å². The zero-order valence-corrected chi connectivity index (χ0v) is 5.86. The van der Waals surface area contributed by atoms with Crippen LogP contribution >= 0.6 is 0 Å². The molecule has 0 aliphatic carbocycles. The summed E-state index contributed by atoms with van der Waals surface area (Å²) in [7, 11) is 0.120. The topological polar surface area (TPSA) is 39.4 Å². The zero-order valence-electron chi connectivity index (χ0n) is 4.86. The van der Waals surface area contributed by atoms with Crippen molar-refractivity contribution in [2.75, 3.05) is 0 Å². The van der Waals surface area contributed by atoms with E-state index in [4.69, 9.17) is 10.2 Å². The molecular weight excluding hydrogens is 106 g/mol. The minimum Gasteiger partial charge on any atom is -0.724 e. The SMILES string of the molecule is C[Si](C)C.[N-]=C=O. The highest BCUT2D eigenvalue weighted by Crippen LogP contribution is 1.68. The van der Waals surface area contributed by atoms with Crippen molar-refractivity contribution in [2.24, 2.45) is 0 Å². The average Bonchev–Trinajstić information content (AvgIpc) is 1.33. The zero-order chi connectivity index (χ0) is 6.28. The fraction of sp³-hybridized carbons (Fsp3) is 0.750. The molecule has 0 amide bonds. The van der Waals surface area contributed by atoms with Gasteiger partial charge in [-0.05, 0) is 6.08 Å². The number of hydrogen-bond acceptors (Lipinski definition) is 1. The van der Waals surface area contributed by atoms with E-state index in [-0.39, 0.29) is 8.80 Å². The third kappa shape index (κ3) is 446. The van der Waals surface area contributed by atoms with Gasteiger partial charge in [-0.2, -0.15) is 0 Å². The lowest BCUT2D eigenvalue weighted by Crippen LogP contribution is -1.84. The molecule has 7 heavy (non-hydrogen) atoms. The highest BCUT2D eigenvalue weighted by Gasteiger charge is 1.72. The lowest BCUT2D eigenvalue weighted by Gasteiger charge is -1.75. The minimum atomic E-state index is 0.120. The Bertz CT molecular complexity index is 54.0. The first-order chi connectivity index (χ1) is 3.15. The summed E-state index contributed by atoms with van der Waals surface area (Å²) in [5, 5.41) is 6.76. The van der Waals surface area contributed by atoms with Crippen LogP contribution in [0.3, 0.4) is 0 Å². The van der Waals surface area contributed by atoms with E-state index in [9.17, 15) is 0 Å². The van der Waals surface area contributed by atoms with Crippen molar-refractivity contribution in [1.29, 1.82) is 0 Å². The maximum absolute atomic E-state index is 8.24. The number of isocyanates is 1. The lowest BCUT2D eigenvalue weighted by molar-refractivity contribution is 0.569. The van der Waals surface area contributed by atoms with E-state index in [0.717, 1.165) is 0 Å². The molecule has 0 N–H and O–H groups in total. The van der Waals surface area contributed by atoms with Crippen LogP contribution in [0.1, 0.15) is 0 Å². The van der Waals surface area contributed by atoms with Crippen LogP contribution < -0.4 is 0 Å². The predicted octanol–water partition coefficient (Wildman–Crippen LogP) is 1.26. The van der Waals surface area contributed by atoms with Crippen molar-refractivity contribution < 1.29 is 4.79 Å². The van der Waals surface area contributed by atoms with Gasteiger partial charge in [0.05, 0.1) is 0 Å². The van der Waals surface area contributed by atoms with Gasteiger partial charge in [0, 0.05) is 8.80 Å². The Hall–Kier alpha value is -0.403. The van der Waals surface area contributed by atoms with Crippen LogP contribution in [0.5, 0.6) is 0 Å². The summed E-state index contributed by atoms with van der Waals surface area (Å²) in [5.41, 5.74) is 0. The van der Waals surface area contributed by atoms with E-state index in [1.807, 2.05) is 0 Å². The van der Waals surface area contributed by atoms with Crippen LogP contribution in [0.25, 0.3) is 5.41 Å². The van der Waals surface area contributed by atoms with Crippen molar-refractivity contribution in [1.82, 2.24) is 0 Å². The van der Waals surface area contributed by atoms with Gasteiger partial charge in [-0.15, -0.1) is 0 Å². The summed E-state index contributed by atoms with van der Waals surface area (Å²) >= 11 is 0. The largest absolute Gasteiger partial charge is 0.724 e. The summed E-state index contributed by atoms with van der Waals surface area (Å²) in [6, 6.07) is 0. The van der Waals surface area contributed by atoms with Crippen molar-refractivity contribution in [3.05, 3.63) is 5.41 Å². The van der Waals surface area contributed by atoms with Gasteiger partial charge in [-0.25, -0.2) is 0 Å². The quantitative estimate of drug-likeness (QED) is 0.266. The van der Waals surface area contributed by atoms with Crippen molar-refractivity contribution in [3.63, 3.8) is 0 Å². The van der Waals surface area contributed by atoms with Gasteiger partial charge < -0.3 is 5.41 Å². The minimum absolute atomic E-state index is 0.120. The highest BCUT2D eigenvalue weighted by molar-refractivity contribution is 6.54. The van der Waals surface area contributed by atoms with Gasteiger partial charge in [-0.1, -0.05) is 19.6 Å². The molecule has 1 radical (unpaired) electrons. The Kier molecular flexibility index (Phi) is 12.8. The Morgan fingerprint density at radius 3 is 1.43 bits per heavy atom. The monoisotopic (exact) mass is 115 g/mol. The van der Waals surface area contributed by atoms with Crippen molar-refractivity contribution in [2.45, 2.75) is 19.6 Å². The van der Waals surface area contributed by atoms with Gasteiger partial charge in [0.2, 0.25) is 0 Å². The van der Waals surface area contributed by atoms with Crippen molar-refractivity contribution >= 4 is 14.9 Å². The first-order valence-corrected chi connectivity index (χ1v) is 4.93. The predicted molar refractivity (Wildman–Crippen MR) is 32.4 cm³/mol. The molecule has 2 nitrogen and oxygen atoms in total. The Morgan fingerprint density at radius 2 is 1.43 bits per heavy atom. The third-order valence-corrected chi connectivity index (χ3v) is 0. The number of rotatable bonds is 0. The van der Waals surface area contributed by atoms with Gasteiger partial charge in [0.15, 0.2) is 0 Å². The molecule has 0 rings (SSSR count). The van der Waals surface area contributed by atoms with Gasteiger partial charge in [-0.3, -0.25) is 4.79 Å². The summed E-state index contributed by atoms with van der Waals surface area (Å²) in [5.74, 6) is 0. The maximum Gasteiger partial charge on any atom is 0.0379 e. The molecule has 0 saturated heterocycles. The van der Waals surface area contributed by atoms with Gasteiger partial charge in [0.25, 0.3) is 0 Å². The third-order valence-electron chi connectivity index (χ3n) is 0. The Morgan fingerprint density at radius 1 is 1.43 bits per heavy atom. The molecule has 0 aliphatic rings. The van der Waals surface area contributed by atoms with E-state index in [1.54, 1.807) is 0 Å². The molecule has 3 heteroatoms. The molecule has 0 bridgehead atoms. The molecule has 41 valence electrons. The second-order valence-corrected chi connectivity index (χ2v) is 4.59. The van der Waals surface area contributed by atoms with Crippen LogP contribution in [-0.4, -0.2) is 14.9 Å². The molecule has 0 unspecified atom stereocenters. The first-order valence-electron chi connectivity index (χ1n) is 1.93. The Labute approximate surface area is 45.7 Å². The van der Waals surface area contributed by atoms with Crippen LogP contribution in [0.4, 0.5) is 0 Å². The summed E-state index contributed by atoms with van der Waals surface area (Å²) in [6.45, 7) is 6.81. The molecule has 0 aromatic heterocycles. The number of carbonyl (C=O) groups excluding carboxylic acids is 1. The normalized spacial score (nSPS) is 6.29. The fourth-order valence-corrected chi connectivity index (χ4v) is 0. The molecule has 0 heterocycles. The molecule has 0 spiro atoms. The van der Waals surface area contributed by atoms with Crippen molar-refractivity contribution in [3.8, 4) is 0 Å².